The van der Waals surface area contributed by atoms with E-state index in [2.05, 4.69) is 15.2 Å². The summed E-state index contributed by atoms with van der Waals surface area (Å²) in [4.78, 5) is 18.2. The summed E-state index contributed by atoms with van der Waals surface area (Å²) in [6, 6.07) is 7.05. The van der Waals surface area contributed by atoms with Gasteiger partial charge in [-0.3, -0.25) is 14.7 Å². The number of pyridine rings is 1. The first kappa shape index (κ1) is 13.4. The maximum atomic E-state index is 12.7. The molecule has 0 aliphatic rings. The molecule has 0 N–H and O–H groups in total. The van der Waals surface area contributed by atoms with E-state index in [1.54, 1.807) is 35.6 Å². The standard InChI is InChI=1S/C14H12N4O2S/c1-10-16-17-14(21-10)18(9-12-5-3-7-20-12)13(19)11-4-2-6-15-8-11/h2-8H,9H2,1H3. The van der Waals surface area contributed by atoms with Gasteiger partial charge in [-0.05, 0) is 31.2 Å². The van der Waals surface area contributed by atoms with E-state index in [4.69, 9.17) is 4.42 Å². The molecule has 0 saturated heterocycles. The summed E-state index contributed by atoms with van der Waals surface area (Å²) in [5, 5.41) is 9.37. The molecule has 1 amide bonds. The van der Waals surface area contributed by atoms with Gasteiger partial charge in [-0.1, -0.05) is 11.3 Å². The molecule has 0 unspecified atom stereocenters. The second-order valence-corrected chi connectivity index (χ2v) is 5.48. The number of anilines is 1. The number of aryl methyl sites for hydroxylation is 1. The summed E-state index contributed by atoms with van der Waals surface area (Å²) in [5.74, 6) is 0.496. The van der Waals surface area contributed by atoms with Gasteiger partial charge in [-0.25, -0.2) is 0 Å². The molecule has 21 heavy (non-hydrogen) atoms. The highest BCUT2D eigenvalue weighted by atomic mass is 32.1. The minimum Gasteiger partial charge on any atom is -0.467 e. The Morgan fingerprint density at radius 1 is 1.33 bits per heavy atom. The lowest BCUT2D eigenvalue weighted by atomic mass is 10.2. The number of aromatic nitrogens is 3. The van der Waals surface area contributed by atoms with Crippen molar-refractivity contribution < 1.29 is 9.21 Å². The Kier molecular flexibility index (Phi) is 3.74. The van der Waals surface area contributed by atoms with Gasteiger partial charge >= 0.3 is 0 Å². The zero-order valence-corrected chi connectivity index (χ0v) is 12.1. The number of carbonyl (C=O) groups excluding carboxylic acids is 1. The van der Waals surface area contributed by atoms with Gasteiger partial charge in [0.2, 0.25) is 5.13 Å². The molecule has 0 fully saturated rings. The Morgan fingerprint density at radius 2 is 2.24 bits per heavy atom. The van der Waals surface area contributed by atoms with E-state index in [1.165, 1.54) is 17.5 Å². The van der Waals surface area contributed by atoms with E-state index in [0.717, 1.165) is 5.01 Å². The van der Waals surface area contributed by atoms with Gasteiger partial charge in [-0.2, -0.15) is 0 Å². The number of nitrogens with zero attached hydrogens (tertiary/aromatic N) is 4. The van der Waals surface area contributed by atoms with E-state index in [9.17, 15) is 4.79 Å². The van der Waals surface area contributed by atoms with Crippen molar-refractivity contribution in [3.8, 4) is 0 Å². The van der Waals surface area contributed by atoms with Crippen molar-refractivity contribution in [3.63, 3.8) is 0 Å². The Morgan fingerprint density at radius 3 is 2.86 bits per heavy atom. The lowest BCUT2D eigenvalue weighted by molar-refractivity contribution is 0.0982. The number of hydrogen-bond donors (Lipinski definition) is 0. The average molecular weight is 300 g/mol. The van der Waals surface area contributed by atoms with Gasteiger partial charge in [0.25, 0.3) is 5.91 Å². The Hall–Kier alpha value is -2.54. The number of furan rings is 1. The SMILES string of the molecule is Cc1nnc(N(Cc2ccco2)C(=O)c2cccnc2)s1. The fourth-order valence-corrected chi connectivity index (χ4v) is 2.51. The molecule has 0 aliphatic heterocycles. The molecule has 0 atom stereocenters. The second-order valence-electron chi connectivity index (χ2n) is 4.32. The third-order valence-electron chi connectivity index (χ3n) is 2.79. The van der Waals surface area contributed by atoms with Gasteiger partial charge in [0, 0.05) is 12.4 Å². The molecule has 0 radical (unpaired) electrons. The Labute approximate surface area is 125 Å². The molecule has 3 aromatic rings. The van der Waals surface area contributed by atoms with Crippen LogP contribution in [0, 0.1) is 6.92 Å². The fourth-order valence-electron chi connectivity index (χ4n) is 1.82. The van der Waals surface area contributed by atoms with Crippen molar-refractivity contribution in [2.45, 2.75) is 13.5 Å². The van der Waals surface area contributed by atoms with Gasteiger partial charge in [0.1, 0.15) is 10.8 Å². The van der Waals surface area contributed by atoms with Gasteiger partial charge in [-0.15, -0.1) is 10.2 Å². The molecule has 3 heterocycles. The van der Waals surface area contributed by atoms with Gasteiger partial charge in [0.05, 0.1) is 18.4 Å². The van der Waals surface area contributed by atoms with Crippen LogP contribution >= 0.6 is 11.3 Å². The van der Waals surface area contributed by atoms with Crippen LogP contribution in [-0.4, -0.2) is 21.1 Å². The van der Waals surface area contributed by atoms with Crippen LogP contribution in [0.25, 0.3) is 0 Å². The van der Waals surface area contributed by atoms with Gasteiger partial charge < -0.3 is 4.42 Å². The Bertz CT molecular complexity index is 725. The Balaban J connectivity index is 1.94. The third-order valence-corrected chi connectivity index (χ3v) is 3.66. The van der Waals surface area contributed by atoms with Crippen LogP contribution in [0.1, 0.15) is 21.1 Å². The molecule has 0 saturated carbocycles. The van der Waals surface area contributed by atoms with Crippen LogP contribution < -0.4 is 4.90 Å². The predicted molar refractivity (Wildman–Crippen MR) is 78.1 cm³/mol. The number of rotatable bonds is 4. The van der Waals surface area contributed by atoms with E-state index in [1.807, 2.05) is 13.0 Å². The molecule has 0 aromatic carbocycles. The van der Waals surface area contributed by atoms with E-state index >= 15 is 0 Å². The fraction of sp³-hybridized carbons (Fsp3) is 0.143. The van der Waals surface area contributed by atoms with Crippen LogP contribution in [0.15, 0.2) is 47.3 Å². The van der Waals surface area contributed by atoms with Crippen LogP contribution in [0.3, 0.4) is 0 Å². The largest absolute Gasteiger partial charge is 0.467 e. The molecule has 3 aromatic heterocycles. The summed E-state index contributed by atoms with van der Waals surface area (Å²) in [7, 11) is 0. The summed E-state index contributed by atoms with van der Waals surface area (Å²) >= 11 is 1.36. The lowest BCUT2D eigenvalue weighted by Crippen LogP contribution is -2.30. The van der Waals surface area contributed by atoms with Crippen LogP contribution in [-0.2, 0) is 6.54 Å². The molecule has 7 heteroatoms. The molecule has 0 aliphatic carbocycles. The smallest absolute Gasteiger partial charge is 0.262 e. The first-order chi connectivity index (χ1) is 10.2. The first-order valence-corrected chi connectivity index (χ1v) is 7.10. The predicted octanol–water partition coefficient (Wildman–Crippen LogP) is 2.68. The van der Waals surface area contributed by atoms with Crippen LogP contribution in [0.5, 0.6) is 0 Å². The van der Waals surface area contributed by atoms with Crippen molar-refractivity contribution in [2.24, 2.45) is 0 Å². The monoisotopic (exact) mass is 300 g/mol. The second kappa shape index (κ2) is 5.84. The first-order valence-electron chi connectivity index (χ1n) is 6.28. The highest BCUT2D eigenvalue weighted by Gasteiger charge is 2.22. The van der Waals surface area contributed by atoms with Crippen molar-refractivity contribution >= 4 is 22.4 Å². The minimum absolute atomic E-state index is 0.185. The number of amides is 1. The third kappa shape index (κ3) is 2.97. The van der Waals surface area contributed by atoms with Crippen molar-refractivity contribution in [1.82, 2.24) is 15.2 Å². The van der Waals surface area contributed by atoms with Crippen LogP contribution in [0.2, 0.25) is 0 Å². The summed E-state index contributed by atoms with van der Waals surface area (Å²) in [6.45, 7) is 2.15. The zero-order valence-electron chi connectivity index (χ0n) is 11.3. The number of hydrogen-bond acceptors (Lipinski definition) is 6. The highest BCUT2D eigenvalue weighted by Crippen LogP contribution is 2.23. The lowest BCUT2D eigenvalue weighted by Gasteiger charge is -2.17. The van der Waals surface area contributed by atoms with Crippen molar-refractivity contribution in [2.75, 3.05) is 4.90 Å². The van der Waals surface area contributed by atoms with E-state index in [0.29, 0.717) is 23.0 Å². The normalized spacial score (nSPS) is 10.5. The molecule has 3 rings (SSSR count). The topological polar surface area (TPSA) is 72.1 Å². The maximum Gasteiger partial charge on any atom is 0.262 e. The summed E-state index contributed by atoms with van der Waals surface area (Å²) in [5.41, 5.74) is 0.497. The van der Waals surface area contributed by atoms with E-state index < -0.39 is 0 Å². The van der Waals surface area contributed by atoms with Crippen molar-refractivity contribution in [1.29, 1.82) is 0 Å². The van der Waals surface area contributed by atoms with Crippen molar-refractivity contribution in [3.05, 3.63) is 59.3 Å². The van der Waals surface area contributed by atoms with E-state index in [-0.39, 0.29) is 5.91 Å². The highest BCUT2D eigenvalue weighted by molar-refractivity contribution is 7.15. The summed E-state index contributed by atoms with van der Waals surface area (Å²) < 4.78 is 5.33. The van der Waals surface area contributed by atoms with Crippen LogP contribution in [0.4, 0.5) is 5.13 Å². The molecular formula is C14H12N4O2S. The quantitative estimate of drug-likeness (QED) is 0.740. The average Bonchev–Trinajstić information content (AvgIpc) is 3.16. The molecule has 106 valence electrons. The number of carbonyl (C=O) groups is 1. The summed E-state index contributed by atoms with van der Waals surface area (Å²) in [6.07, 6.45) is 4.74. The molecule has 6 nitrogen and oxygen atoms in total. The minimum atomic E-state index is -0.185. The molecule has 0 bridgehead atoms. The molecular weight excluding hydrogens is 288 g/mol. The zero-order chi connectivity index (χ0) is 14.7. The van der Waals surface area contributed by atoms with Gasteiger partial charge in [0.15, 0.2) is 0 Å². The molecule has 0 spiro atoms. The maximum absolute atomic E-state index is 12.7.